The lowest BCUT2D eigenvalue weighted by Gasteiger charge is -2.11. The molecule has 0 spiro atoms. The van der Waals surface area contributed by atoms with Crippen molar-refractivity contribution < 1.29 is 0 Å². The number of nitrogens with two attached hydrogens (primary N) is 1. The van der Waals surface area contributed by atoms with Gasteiger partial charge in [0.1, 0.15) is 0 Å². The molecule has 1 rings (SSSR count). The monoisotopic (exact) mass is 135 g/mol. The smallest absolute Gasteiger partial charge is 0.0313 e. The highest BCUT2D eigenvalue weighted by Crippen LogP contribution is 2.20. The second kappa shape index (κ2) is 2.74. The molecule has 54 valence electrons. The second-order valence-corrected chi connectivity index (χ2v) is 2.66. The zero-order valence-electron chi connectivity index (χ0n) is 6.35. The SMILES string of the molecule is C=C(N)C1=C(C)CCC=C1. The fraction of sp³-hybridized carbons (Fsp3) is 0.333. The minimum Gasteiger partial charge on any atom is -0.399 e. The Bertz CT molecular complexity index is 209. The van der Waals surface area contributed by atoms with E-state index in [0.717, 1.165) is 18.4 Å². The van der Waals surface area contributed by atoms with Crippen LogP contribution in [0.15, 0.2) is 35.6 Å². The fourth-order valence-corrected chi connectivity index (χ4v) is 1.16. The summed E-state index contributed by atoms with van der Waals surface area (Å²) < 4.78 is 0. The van der Waals surface area contributed by atoms with Crippen LogP contribution in [0.25, 0.3) is 0 Å². The van der Waals surface area contributed by atoms with Crippen LogP contribution >= 0.6 is 0 Å². The summed E-state index contributed by atoms with van der Waals surface area (Å²) in [6, 6.07) is 0. The molecule has 0 aromatic carbocycles. The van der Waals surface area contributed by atoms with E-state index < -0.39 is 0 Å². The normalized spacial score (nSPS) is 17.7. The van der Waals surface area contributed by atoms with E-state index in [2.05, 4.69) is 25.7 Å². The van der Waals surface area contributed by atoms with E-state index >= 15 is 0 Å². The number of allylic oxidation sites excluding steroid dienone is 3. The van der Waals surface area contributed by atoms with E-state index in [1.54, 1.807) is 0 Å². The van der Waals surface area contributed by atoms with Gasteiger partial charge in [-0.05, 0) is 25.3 Å². The highest BCUT2D eigenvalue weighted by atomic mass is 14.6. The molecule has 0 unspecified atom stereocenters. The summed E-state index contributed by atoms with van der Waals surface area (Å²) in [5, 5.41) is 0. The molecule has 0 aliphatic heterocycles. The van der Waals surface area contributed by atoms with Gasteiger partial charge < -0.3 is 5.73 Å². The highest BCUT2D eigenvalue weighted by molar-refractivity contribution is 5.41. The van der Waals surface area contributed by atoms with E-state index in [9.17, 15) is 0 Å². The van der Waals surface area contributed by atoms with Gasteiger partial charge in [0.15, 0.2) is 0 Å². The topological polar surface area (TPSA) is 26.0 Å². The molecule has 1 nitrogen and oxygen atoms in total. The van der Waals surface area contributed by atoms with Crippen molar-refractivity contribution in [3.63, 3.8) is 0 Å². The molecule has 1 aliphatic rings. The maximum atomic E-state index is 5.55. The van der Waals surface area contributed by atoms with Crippen LogP contribution in [0, 0.1) is 0 Å². The predicted molar refractivity (Wildman–Crippen MR) is 44.4 cm³/mol. The zero-order chi connectivity index (χ0) is 7.56. The van der Waals surface area contributed by atoms with Crippen molar-refractivity contribution in [2.45, 2.75) is 19.8 Å². The van der Waals surface area contributed by atoms with Crippen molar-refractivity contribution in [1.29, 1.82) is 0 Å². The van der Waals surface area contributed by atoms with Crippen LogP contribution in [0.1, 0.15) is 19.8 Å². The zero-order valence-corrected chi connectivity index (χ0v) is 6.35. The molecule has 0 saturated carbocycles. The Morgan fingerprint density at radius 3 is 2.80 bits per heavy atom. The third-order valence-corrected chi connectivity index (χ3v) is 1.78. The van der Waals surface area contributed by atoms with Crippen LogP contribution in [0.4, 0.5) is 0 Å². The lowest BCUT2D eigenvalue weighted by molar-refractivity contribution is 0.940. The van der Waals surface area contributed by atoms with E-state index in [4.69, 9.17) is 5.73 Å². The molecule has 0 fully saturated rings. The van der Waals surface area contributed by atoms with Gasteiger partial charge in [-0.25, -0.2) is 0 Å². The largest absolute Gasteiger partial charge is 0.399 e. The summed E-state index contributed by atoms with van der Waals surface area (Å²) in [5.74, 6) is 0. The maximum absolute atomic E-state index is 5.55. The first-order valence-corrected chi connectivity index (χ1v) is 3.53. The highest BCUT2D eigenvalue weighted by Gasteiger charge is 2.03. The molecule has 10 heavy (non-hydrogen) atoms. The van der Waals surface area contributed by atoms with Crippen molar-refractivity contribution in [2.24, 2.45) is 5.73 Å². The molecule has 0 heterocycles. The van der Waals surface area contributed by atoms with Crippen LogP contribution in [-0.4, -0.2) is 0 Å². The molecule has 0 atom stereocenters. The predicted octanol–water partition coefficient (Wildman–Crippen LogP) is 2.13. The van der Waals surface area contributed by atoms with Gasteiger partial charge in [-0.3, -0.25) is 0 Å². The van der Waals surface area contributed by atoms with Gasteiger partial charge in [-0.2, -0.15) is 0 Å². The molecule has 1 heteroatoms. The second-order valence-electron chi connectivity index (χ2n) is 2.66. The Morgan fingerprint density at radius 2 is 2.40 bits per heavy atom. The Hall–Kier alpha value is -0.980. The number of hydrogen-bond acceptors (Lipinski definition) is 1. The van der Waals surface area contributed by atoms with Crippen LogP contribution in [-0.2, 0) is 0 Å². The van der Waals surface area contributed by atoms with Gasteiger partial charge >= 0.3 is 0 Å². The van der Waals surface area contributed by atoms with Crippen molar-refractivity contribution in [1.82, 2.24) is 0 Å². The van der Waals surface area contributed by atoms with Gasteiger partial charge in [0.25, 0.3) is 0 Å². The molecule has 0 amide bonds. The summed E-state index contributed by atoms with van der Waals surface area (Å²) in [7, 11) is 0. The van der Waals surface area contributed by atoms with Gasteiger partial charge in [0.05, 0.1) is 0 Å². The van der Waals surface area contributed by atoms with E-state index in [0.29, 0.717) is 5.70 Å². The fourth-order valence-electron chi connectivity index (χ4n) is 1.16. The summed E-state index contributed by atoms with van der Waals surface area (Å²) in [6.07, 6.45) is 6.46. The van der Waals surface area contributed by atoms with Crippen LogP contribution < -0.4 is 5.73 Å². The van der Waals surface area contributed by atoms with Crippen LogP contribution in [0.3, 0.4) is 0 Å². The third kappa shape index (κ3) is 1.29. The van der Waals surface area contributed by atoms with E-state index in [-0.39, 0.29) is 0 Å². The average Bonchev–Trinajstić information content (AvgIpc) is 1.88. The summed E-state index contributed by atoms with van der Waals surface area (Å²) >= 11 is 0. The minimum absolute atomic E-state index is 0.688. The van der Waals surface area contributed by atoms with Crippen molar-refractivity contribution in [3.05, 3.63) is 35.6 Å². The molecule has 0 aromatic rings. The molecule has 1 aliphatic carbocycles. The molecule has 0 aromatic heterocycles. The van der Waals surface area contributed by atoms with Gasteiger partial charge in [0, 0.05) is 5.70 Å². The lowest BCUT2D eigenvalue weighted by Crippen LogP contribution is -2.01. The minimum atomic E-state index is 0.688. The molecule has 0 radical (unpaired) electrons. The van der Waals surface area contributed by atoms with Crippen molar-refractivity contribution in [2.75, 3.05) is 0 Å². The Labute approximate surface area is 61.9 Å². The van der Waals surface area contributed by atoms with Crippen molar-refractivity contribution >= 4 is 0 Å². The third-order valence-electron chi connectivity index (χ3n) is 1.78. The summed E-state index contributed by atoms with van der Waals surface area (Å²) in [6.45, 7) is 5.81. The molecular weight excluding hydrogens is 122 g/mol. The number of rotatable bonds is 1. The molecule has 0 bridgehead atoms. The van der Waals surface area contributed by atoms with Gasteiger partial charge in [0.2, 0.25) is 0 Å². The van der Waals surface area contributed by atoms with Gasteiger partial charge in [-0.1, -0.05) is 24.3 Å². The first kappa shape index (κ1) is 7.13. The Kier molecular flexibility index (Phi) is 1.95. The summed E-state index contributed by atoms with van der Waals surface area (Å²) in [4.78, 5) is 0. The quantitative estimate of drug-likeness (QED) is 0.585. The first-order chi connectivity index (χ1) is 4.72. The molecule has 2 N–H and O–H groups in total. The first-order valence-electron chi connectivity index (χ1n) is 3.53. The average molecular weight is 135 g/mol. The standard InChI is InChI=1S/C9H13N/c1-7-5-3-4-6-9(7)8(2)10/h4,6H,2-3,5,10H2,1H3. The summed E-state index contributed by atoms with van der Waals surface area (Å²) in [5.41, 5.74) is 8.73. The number of hydrogen-bond donors (Lipinski definition) is 1. The van der Waals surface area contributed by atoms with Gasteiger partial charge in [-0.15, -0.1) is 0 Å². The Morgan fingerprint density at radius 1 is 1.70 bits per heavy atom. The van der Waals surface area contributed by atoms with E-state index in [1.165, 1.54) is 5.57 Å². The maximum Gasteiger partial charge on any atom is 0.0313 e. The Balaban J connectivity index is 2.90. The van der Waals surface area contributed by atoms with Crippen LogP contribution in [0.2, 0.25) is 0 Å². The molecule has 0 saturated heterocycles. The van der Waals surface area contributed by atoms with E-state index in [1.807, 2.05) is 0 Å². The van der Waals surface area contributed by atoms with Crippen molar-refractivity contribution in [3.8, 4) is 0 Å². The van der Waals surface area contributed by atoms with Crippen LogP contribution in [0.5, 0.6) is 0 Å². The lowest BCUT2D eigenvalue weighted by atomic mass is 9.97. The molecular formula is C9H13N.